The average Bonchev–Trinajstić information content (AvgIpc) is 2.27. The smallest absolute Gasteiger partial charge is 0.0854 e. The molecule has 2 heteroatoms. The molecule has 0 saturated carbocycles. The molecule has 2 rings (SSSR count). The number of alkyl halides is 1. The fourth-order valence-electron chi connectivity index (χ4n) is 3.61. The Morgan fingerprint density at radius 2 is 2.00 bits per heavy atom. The summed E-state index contributed by atoms with van der Waals surface area (Å²) in [6.07, 6.45) is 7.59. The van der Waals surface area contributed by atoms with Crippen LogP contribution < -0.4 is 0 Å². The summed E-state index contributed by atoms with van der Waals surface area (Å²) in [5.74, 6) is 0. The van der Waals surface area contributed by atoms with Crippen molar-refractivity contribution in [3.05, 3.63) is 23.3 Å². The van der Waals surface area contributed by atoms with Gasteiger partial charge < -0.3 is 5.11 Å². The largest absolute Gasteiger partial charge is 0.388 e. The molecule has 0 saturated heterocycles. The predicted molar refractivity (Wildman–Crippen MR) is 76.3 cm³/mol. The molecule has 0 radical (unpaired) electrons. The Bertz CT molecular complexity index is 380. The Labute approximate surface area is 113 Å². The molecule has 0 heterocycles. The normalized spacial score (nSPS) is 41.1. The Morgan fingerprint density at radius 1 is 1.35 bits per heavy atom. The van der Waals surface area contributed by atoms with Crippen molar-refractivity contribution in [3.8, 4) is 0 Å². The number of hydrogen-bond donors (Lipinski definition) is 1. The number of halogens is 1. The van der Waals surface area contributed by atoms with Crippen LogP contribution in [0, 0.1) is 10.8 Å². The first-order valence-electron chi connectivity index (χ1n) is 6.48. The van der Waals surface area contributed by atoms with Crippen molar-refractivity contribution < 1.29 is 5.11 Å². The summed E-state index contributed by atoms with van der Waals surface area (Å²) < 4.78 is 0. The van der Waals surface area contributed by atoms with E-state index < -0.39 is 0 Å². The van der Waals surface area contributed by atoms with Crippen LogP contribution in [0.1, 0.15) is 47.0 Å². The van der Waals surface area contributed by atoms with E-state index in [1.165, 1.54) is 24.0 Å². The topological polar surface area (TPSA) is 20.2 Å². The third-order valence-corrected chi connectivity index (χ3v) is 6.83. The van der Waals surface area contributed by atoms with E-state index in [9.17, 15) is 5.11 Å². The standard InChI is InChI=1S/C15H23BrO/c1-10-5-7-15(8-6-10)11(2)9-12(17)13(16)14(15,3)4/h5,9,12-13,17H,6-8H2,1-4H3/t12-,13+,15+/m1/s1. The SMILES string of the molecule is CC1=CC[C@]2(CC1)C(C)=C[C@@H](O)[C@H](Br)C2(C)C. The third kappa shape index (κ3) is 1.84. The van der Waals surface area contributed by atoms with E-state index in [2.05, 4.69) is 55.8 Å². The minimum atomic E-state index is -0.359. The molecule has 0 bridgehead atoms. The molecule has 17 heavy (non-hydrogen) atoms. The van der Waals surface area contributed by atoms with E-state index in [4.69, 9.17) is 0 Å². The Balaban J connectivity index is 2.48. The van der Waals surface area contributed by atoms with Crippen molar-refractivity contribution >= 4 is 15.9 Å². The predicted octanol–water partition coefficient (Wildman–Crippen LogP) is 4.21. The van der Waals surface area contributed by atoms with Gasteiger partial charge in [0.15, 0.2) is 0 Å². The molecule has 0 aromatic heterocycles. The van der Waals surface area contributed by atoms with Gasteiger partial charge in [-0.15, -0.1) is 0 Å². The van der Waals surface area contributed by atoms with E-state index in [1.807, 2.05) is 0 Å². The second-order valence-corrected chi connectivity index (χ2v) is 7.29. The lowest BCUT2D eigenvalue weighted by molar-refractivity contribution is 0.0357. The summed E-state index contributed by atoms with van der Waals surface area (Å²) in [4.78, 5) is 0.144. The summed E-state index contributed by atoms with van der Waals surface area (Å²) in [7, 11) is 0. The van der Waals surface area contributed by atoms with Crippen molar-refractivity contribution in [2.45, 2.75) is 57.9 Å². The van der Waals surface area contributed by atoms with E-state index in [-0.39, 0.29) is 21.8 Å². The molecule has 0 aromatic carbocycles. The van der Waals surface area contributed by atoms with Crippen molar-refractivity contribution in [3.63, 3.8) is 0 Å². The molecule has 1 nitrogen and oxygen atoms in total. The Kier molecular flexibility index (Phi) is 3.33. The minimum absolute atomic E-state index is 0.0858. The monoisotopic (exact) mass is 298 g/mol. The highest BCUT2D eigenvalue weighted by Gasteiger charge is 2.53. The molecule has 2 aliphatic carbocycles. The van der Waals surface area contributed by atoms with Gasteiger partial charge in [-0.05, 0) is 38.5 Å². The quantitative estimate of drug-likeness (QED) is 0.524. The molecule has 0 unspecified atom stereocenters. The van der Waals surface area contributed by atoms with Gasteiger partial charge >= 0.3 is 0 Å². The fourth-order valence-corrected chi connectivity index (χ4v) is 4.20. The molecule has 0 amide bonds. The summed E-state index contributed by atoms with van der Waals surface area (Å²) in [6.45, 7) is 9.00. The first-order chi connectivity index (χ1) is 7.81. The van der Waals surface area contributed by atoms with Crippen molar-refractivity contribution in [2.24, 2.45) is 10.8 Å². The second-order valence-electron chi connectivity index (χ2n) is 6.30. The van der Waals surface area contributed by atoms with Gasteiger partial charge in [0, 0.05) is 5.41 Å². The summed E-state index contributed by atoms with van der Waals surface area (Å²) in [5.41, 5.74) is 3.19. The number of aliphatic hydroxyl groups is 1. The van der Waals surface area contributed by atoms with Crippen LogP contribution in [0.4, 0.5) is 0 Å². The van der Waals surface area contributed by atoms with Crippen LogP contribution in [0.2, 0.25) is 0 Å². The van der Waals surface area contributed by atoms with E-state index in [0.29, 0.717) is 0 Å². The lowest BCUT2D eigenvalue weighted by atomic mass is 9.52. The number of allylic oxidation sites excluding steroid dienone is 3. The highest BCUT2D eigenvalue weighted by Crippen LogP contribution is 2.59. The van der Waals surface area contributed by atoms with E-state index in [0.717, 1.165) is 6.42 Å². The minimum Gasteiger partial charge on any atom is -0.388 e. The molecule has 1 spiro atoms. The number of rotatable bonds is 0. The zero-order valence-electron chi connectivity index (χ0n) is 11.3. The van der Waals surface area contributed by atoms with Crippen molar-refractivity contribution in [1.82, 2.24) is 0 Å². The molecule has 0 aliphatic heterocycles. The van der Waals surface area contributed by atoms with Crippen molar-refractivity contribution in [2.75, 3.05) is 0 Å². The Hall–Kier alpha value is -0.0800. The molecule has 96 valence electrons. The van der Waals surface area contributed by atoms with Crippen LogP contribution in [0.5, 0.6) is 0 Å². The lowest BCUT2D eigenvalue weighted by Gasteiger charge is -2.55. The van der Waals surface area contributed by atoms with Crippen molar-refractivity contribution in [1.29, 1.82) is 0 Å². The second kappa shape index (κ2) is 4.24. The fraction of sp³-hybridized carbons (Fsp3) is 0.733. The van der Waals surface area contributed by atoms with Gasteiger partial charge in [0.25, 0.3) is 0 Å². The summed E-state index contributed by atoms with van der Waals surface area (Å²) in [6, 6.07) is 0. The highest BCUT2D eigenvalue weighted by molar-refractivity contribution is 9.09. The molecular weight excluding hydrogens is 276 g/mol. The zero-order chi connectivity index (χ0) is 12.8. The third-order valence-electron chi connectivity index (χ3n) is 5.14. The van der Waals surface area contributed by atoms with E-state index in [1.54, 1.807) is 0 Å². The average molecular weight is 299 g/mol. The first-order valence-corrected chi connectivity index (χ1v) is 7.39. The molecule has 3 atom stereocenters. The first kappa shape index (κ1) is 13.4. The molecular formula is C15H23BrO. The van der Waals surface area contributed by atoms with Gasteiger partial charge in [-0.2, -0.15) is 0 Å². The molecule has 0 aromatic rings. The van der Waals surface area contributed by atoms with Crippen LogP contribution in [-0.2, 0) is 0 Å². The summed E-state index contributed by atoms with van der Waals surface area (Å²) in [5, 5.41) is 10.1. The van der Waals surface area contributed by atoms with Crippen LogP contribution in [0.3, 0.4) is 0 Å². The molecule has 2 aliphatic rings. The van der Waals surface area contributed by atoms with Gasteiger partial charge in [0.1, 0.15) is 0 Å². The summed E-state index contributed by atoms with van der Waals surface area (Å²) >= 11 is 3.71. The van der Waals surface area contributed by atoms with Gasteiger partial charge in [-0.1, -0.05) is 53.1 Å². The molecule has 1 N–H and O–H groups in total. The maximum Gasteiger partial charge on any atom is 0.0854 e. The van der Waals surface area contributed by atoms with Gasteiger partial charge in [0.05, 0.1) is 10.9 Å². The number of hydrogen-bond acceptors (Lipinski definition) is 1. The Morgan fingerprint density at radius 3 is 2.53 bits per heavy atom. The number of aliphatic hydroxyl groups excluding tert-OH is 1. The van der Waals surface area contributed by atoms with Gasteiger partial charge in [-0.3, -0.25) is 0 Å². The van der Waals surface area contributed by atoms with Crippen LogP contribution in [0.25, 0.3) is 0 Å². The van der Waals surface area contributed by atoms with Crippen LogP contribution in [0.15, 0.2) is 23.3 Å². The lowest BCUT2D eigenvalue weighted by Crippen LogP contribution is -2.52. The molecule has 0 fully saturated rings. The van der Waals surface area contributed by atoms with Crippen LogP contribution >= 0.6 is 15.9 Å². The van der Waals surface area contributed by atoms with Crippen LogP contribution in [-0.4, -0.2) is 16.0 Å². The van der Waals surface area contributed by atoms with E-state index >= 15 is 0 Å². The maximum atomic E-state index is 10.1. The zero-order valence-corrected chi connectivity index (χ0v) is 12.8. The highest BCUT2D eigenvalue weighted by atomic mass is 79.9. The van der Waals surface area contributed by atoms with Gasteiger partial charge in [-0.25, -0.2) is 0 Å². The van der Waals surface area contributed by atoms with Gasteiger partial charge in [0.2, 0.25) is 0 Å². The maximum absolute atomic E-state index is 10.1.